The van der Waals surface area contributed by atoms with Crippen molar-refractivity contribution in [2.45, 2.75) is 25.3 Å². The van der Waals surface area contributed by atoms with E-state index in [0.29, 0.717) is 44.4 Å². The molecule has 1 aliphatic rings. The number of morpholine rings is 1. The minimum Gasteiger partial charge on any atom is -0.466 e. The van der Waals surface area contributed by atoms with E-state index in [1.807, 2.05) is 12.1 Å². The number of benzene rings is 1. The zero-order chi connectivity index (χ0) is 16.7. The Kier molecular flexibility index (Phi) is 6.40. The molecular weight excluding hydrogens is 316 g/mol. The Morgan fingerprint density at radius 2 is 2.04 bits per heavy atom. The molecule has 0 spiro atoms. The van der Waals surface area contributed by atoms with Crippen LogP contribution in [0.4, 0.5) is 0 Å². The number of halogens is 1. The second-order valence-electron chi connectivity index (χ2n) is 5.38. The van der Waals surface area contributed by atoms with Crippen LogP contribution in [0.2, 0.25) is 5.02 Å². The van der Waals surface area contributed by atoms with Gasteiger partial charge < -0.3 is 9.47 Å². The van der Waals surface area contributed by atoms with Gasteiger partial charge in [0.1, 0.15) is 5.54 Å². The molecule has 1 aromatic rings. The summed E-state index contributed by atoms with van der Waals surface area (Å²) in [6, 6.07) is 9.69. The summed E-state index contributed by atoms with van der Waals surface area (Å²) < 4.78 is 10.4. The van der Waals surface area contributed by atoms with Crippen LogP contribution in [0.15, 0.2) is 24.3 Å². The van der Waals surface area contributed by atoms with E-state index in [1.165, 1.54) is 0 Å². The molecule has 0 amide bonds. The third-order valence-corrected chi connectivity index (χ3v) is 4.31. The second-order valence-corrected chi connectivity index (χ2v) is 5.82. The summed E-state index contributed by atoms with van der Waals surface area (Å²) >= 11 is 5.97. The third-order valence-electron chi connectivity index (χ3n) is 4.05. The van der Waals surface area contributed by atoms with Crippen molar-refractivity contribution < 1.29 is 14.3 Å². The van der Waals surface area contributed by atoms with Crippen LogP contribution in [-0.4, -0.2) is 43.8 Å². The van der Waals surface area contributed by atoms with E-state index in [2.05, 4.69) is 11.0 Å². The summed E-state index contributed by atoms with van der Waals surface area (Å²) in [5.41, 5.74) is -0.0307. The molecule has 0 unspecified atom stereocenters. The molecule has 5 nitrogen and oxygen atoms in total. The molecule has 1 saturated heterocycles. The first-order chi connectivity index (χ1) is 11.1. The van der Waals surface area contributed by atoms with Crippen molar-refractivity contribution in [3.05, 3.63) is 34.9 Å². The van der Waals surface area contributed by atoms with Crippen molar-refractivity contribution >= 4 is 17.6 Å². The Hall–Kier alpha value is -1.61. The molecule has 1 aliphatic heterocycles. The fourth-order valence-corrected chi connectivity index (χ4v) is 2.99. The molecule has 124 valence electrons. The molecule has 0 aromatic heterocycles. The maximum Gasteiger partial charge on any atom is 0.305 e. The van der Waals surface area contributed by atoms with Crippen LogP contribution in [-0.2, 0) is 19.8 Å². The highest BCUT2D eigenvalue weighted by Crippen LogP contribution is 2.34. The molecule has 0 N–H and O–H groups in total. The first-order valence-corrected chi connectivity index (χ1v) is 8.16. The molecule has 2 rings (SSSR count). The molecule has 1 heterocycles. The van der Waals surface area contributed by atoms with Gasteiger partial charge in [-0.25, -0.2) is 0 Å². The zero-order valence-corrected chi connectivity index (χ0v) is 14.0. The maximum atomic E-state index is 11.8. The van der Waals surface area contributed by atoms with Crippen LogP contribution in [0.5, 0.6) is 0 Å². The van der Waals surface area contributed by atoms with Gasteiger partial charge in [-0.1, -0.05) is 23.7 Å². The third kappa shape index (κ3) is 4.23. The van der Waals surface area contributed by atoms with Gasteiger partial charge in [-0.3, -0.25) is 9.69 Å². The van der Waals surface area contributed by atoms with Crippen molar-refractivity contribution in [1.29, 1.82) is 5.26 Å². The Morgan fingerprint density at radius 1 is 1.39 bits per heavy atom. The lowest BCUT2D eigenvalue weighted by molar-refractivity contribution is -0.144. The van der Waals surface area contributed by atoms with Crippen molar-refractivity contribution in [3.8, 4) is 6.07 Å². The highest BCUT2D eigenvalue weighted by Gasteiger charge is 2.40. The minimum absolute atomic E-state index is 0.196. The minimum atomic E-state index is -0.874. The van der Waals surface area contributed by atoms with E-state index < -0.39 is 5.54 Å². The van der Waals surface area contributed by atoms with Crippen molar-refractivity contribution in [3.63, 3.8) is 0 Å². The van der Waals surface area contributed by atoms with Crippen molar-refractivity contribution in [2.75, 3.05) is 32.9 Å². The summed E-state index contributed by atoms with van der Waals surface area (Å²) in [5, 5.41) is 10.6. The monoisotopic (exact) mass is 336 g/mol. The van der Waals surface area contributed by atoms with Crippen molar-refractivity contribution in [1.82, 2.24) is 4.90 Å². The summed E-state index contributed by atoms with van der Waals surface area (Å²) in [4.78, 5) is 13.9. The average Bonchev–Trinajstić information content (AvgIpc) is 2.58. The lowest BCUT2D eigenvalue weighted by Crippen LogP contribution is -2.51. The Morgan fingerprint density at radius 3 is 2.61 bits per heavy atom. The molecule has 1 aromatic carbocycles. The highest BCUT2D eigenvalue weighted by atomic mass is 35.5. The molecule has 6 heteroatoms. The maximum absolute atomic E-state index is 11.8. The SMILES string of the molecule is CCOC(=O)CC[C@](C#N)(c1ccc(Cl)cc1)N1CCOCC1. The van der Waals surface area contributed by atoms with E-state index in [4.69, 9.17) is 21.1 Å². The number of esters is 1. The number of nitriles is 1. The predicted octanol–water partition coefficient (Wildman–Crippen LogP) is 2.73. The first-order valence-electron chi connectivity index (χ1n) is 7.78. The number of ether oxygens (including phenoxy) is 2. The Labute approximate surface area is 141 Å². The fraction of sp³-hybridized carbons (Fsp3) is 0.529. The van der Waals surface area contributed by atoms with Crippen LogP contribution in [0.1, 0.15) is 25.3 Å². The van der Waals surface area contributed by atoms with Gasteiger partial charge in [-0.05, 0) is 31.0 Å². The molecule has 0 radical (unpaired) electrons. The highest BCUT2D eigenvalue weighted by molar-refractivity contribution is 6.30. The summed E-state index contributed by atoms with van der Waals surface area (Å²) in [6.07, 6.45) is 0.575. The van der Waals surface area contributed by atoms with E-state index >= 15 is 0 Å². The molecule has 1 atom stereocenters. The lowest BCUT2D eigenvalue weighted by atomic mass is 9.84. The predicted molar refractivity (Wildman–Crippen MR) is 87.0 cm³/mol. The van der Waals surface area contributed by atoms with Gasteiger partial charge in [-0.2, -0.15) is 5.26 Å². The summed E-state index contributed by atoms with van der Waals surface area (Å²) in [6.45, 7) is 4.58. The van der Waals surface area contributed by atoms with Gasteiger partial charge in [0, 0.05) is 24.5 Å². The normalized spacial score (nSPS) is 18.0. The van der Waals surface area contributed by atoms with E-state index in [0.717, 1.165) is 5.56 Å². The number of carbonyl (C=O) groups excluding carboxylic acids is 1. The van der Waals surface area contributed by atoms with E-state index in [1.54, 1.807) is 19.1 Å². The quantitative estimate of drug-likeness (QED) is 0.747. The number of hydrogen-bond acceptors (Lipinski definition) is 5. The first kappa shape index (κ1) is 17.7. The summed E-state index contributed by atoms with van der Waals surface area (Å²) in [5.74, 6) is -0.283. The number of rotatable bonds is 6. The molecule has 0 bridgehead atoms. The Balaban J connectivity index is 2.29. The smallest absolute Gasteiger partial charge is 0.305 e. The number of hydrogen-bond donors (Lipinski definition) is 0. The molecular formula is C17H21ClN2O3. The topological polar surface area (TPSA) is 62.6 Å². The van der Waals surface area contributed by atoms with Gasteiger partial charge in [0.25, 0.3) is 0 Å². The van der Waals surface area contributed by atoms with Crippen LogP contribution in [0.3, 0.4) is 0 Å². The van der Waals surface area contributed by atoms with E-state index in [-0.39, 0.29) is 12.4 Å². The number of carbonyl (C=O) groups is 1. The molecule has 0 aliphatic carbocycles. The van der Waals surface area contributed by atoms with Gasteiger partial charge in [0.15, 0.2) is 0 Å². The van der Waals surface area contributed by atoms with Crippen LogP contribution in [0, 0.1) is 11.3 Å². The van der Waals surface area contributed by atoms with Crippen LogP contribution >= 0.6 is 11.6 Å². The largest absolute Gasteiger partial charge is 0.466 e. The zero-order valence-electron chi connectivity index (χ0n) is 13.3. The molecule has 1 fully saturated rings. The van der Waals surface area contributed by atoms with Gasteiger partial charge in [0.2, 0.25) is 0 Å². The summed E-state index contributed by atoms with van der Waals surface area (Å²) in [7, 11) is 0. The van der Waals surface area contributed by atoms with E-state index in [9.17, 15) is 10.1 Å². The molecule has 0 saturated carbocycles. The van der Waals surface area contributed by atoms with Crippen molar-refractivity contribution in [2.24, 2.45) is 0 Å². The fourth-order valence-electron chi connectivity index (χ4n) is 2.86. The average molecular weight is 337 g/mol. The molecule has 23 heavy (non-hydrogen) atoms. The van der Waals surface area contributed by atoms with Gasteiger partial charge >= 0.3 is 5.97 Å². The van der Waals surface area contributed by atoms with Gasteiger partial charge in [0.05, 0.1) is 25.9 Å². The van der Waals surface area contributed by atoms with Crippen LogP contribution in [0.25, 0.3) is 0 Å². The van der Waals surface area contributed by atoms with Gasteiger partial charge in [-0.15, -0.1) is 0 Å². The standard InChI is InChI=1S/C17H21ClN2O3/c1-2-23-16(21)7-8-17(13-19,20-9-11-22-12-10-20)14-3-5-15(18)6-4-14/h3-6H,2,7-12H2,1H3/t17-/m0/s1. The van der Waals surface area contributed by atoms with Crippen LogP contribution < -0.4 is 0 Å². The second kappa shape index (κ2) is 8.30. The number of nitrogens with zero attached hydrogens (tertiary/aromatic N) is 2. The lowest BCUT2D eigenvalue weighted by Gasteiger charge is -2.41. The Bertz CT molecular complexity index is 564.